The maximum absolute atomic E-state index is 13.0. The van der Waals surface area contributed by atoms with Crippen LogP contribution in [0.5, 0.6) is 11.5 Å². The van der Waals surface area contributed by atoms with Crippen molar-refractivity contribution in [3.63, 3.8) is 0 Å². The van der Waals surface area contributed by atoms with Gasteiger partial charge in [-0.1, -0.05) is 24.3 Å². The van der Waals surface area contributed by atoms with Gasteiger partial charge in [0.2, 0.25) is 0 Å². The number of carbonyl (C=O) groups is 1. The number of likely N-dealkylation sites (tertiary alicyclic amines) is 1. The number of fused-ring (bicyclic) bond motifs is 1. The van der Waals surface area contributed by atoms with Crippen LogP contribution in [-0.2, 0) is 6.42 Å². The van der Waals surface area contributed by atoms with Gasteiger partial charge in [-0.15, -0.1) is 0 Å². The van der Waals surface area contributed by atoms with Crippen LogP contribution in [0.25, 0.3) is 0 Å². The van der Waals surface area contributed by atoms with Crippen molar-refractivity contribution < 1.29 is 13.9 Å². The van der Waals surface area contributed by atoms with E-state index in [9.17, 15) is 9.18 Å². The Hall–Kier alpha value is -3.38. The summed E-state index contributed by atoms with van der Waals surface area (Å²) in [6.07, 6.45) is 3.50. The van der Waals surface area contributed by atoms with Crippen molar-refractivity contribution >= 4 is 11.7 Å². The van der Waals surface area contributed by atoms with Crippen LogP contribution < -0.4 is 15.4 Å². The number of carbonyl (C=O) groups excluding carboxylic acids is 1. The number of hydrogen-bond acceptors (Lipinski definition) is 3. The van der Waals surface area contributed by atoms with Gasteiger partial charge in [0.15, 0.2) is 0 Å². The number of amides is 2. The third kappa shape index (κ3) is 4.60. The molecule has 1 aliphatic carbocycles. The molecule has 2 N–H and O–H groups in total. The highest BCUT2D eigenvalue weighted by Gasteiger charge is 2.33. The zero-order valence-electron chi connectivity index (χ0n) is 17.8. The minimum Gasteiger partial charge on any atom is -0.457 e. The summed E-state index contributed by atoms with van der Waals surface area (Å²) in [5.74, 6) is 0.876. The van der Waals surface area contributed by atoms with Crippen LogP contribution in [-0.4, -0.2) is 30.1 Å². The zero-order valence-corrected chi connectivity index (χ0v) is 17.8. The van der Waals surface area contributed by atoms with Crippen LogP contribution in [0.4, 0.5) is 14.9 Å². The second kappa shape index (κ2) is 9.01. The molecule has 2 aliphatic rings. The first-order valence-electron chi connectivity index (χ1n) is 11.1. The average Bonchev–Trinajstić information content (AvgIpc) is 2.79. The smallest absolute Gasteiger partial charge is 0.321 e. The Morgan fingerprint density at radius 2 is 1.62 bits per heavy atom. The minimum atomic E-state index is -0.303. The van der Waals surface area contributed by atoms with Crippen molar-refractivity contribution in [1.29, 1.82) is 0 Å². The quantitative estimate of drug-likeness (QED) is 0.561. The molecule has 5 nitrogen and oxygen atoms in total. The molecule has 0 aromatic heterocycles. The first-order valence-corrected chi connectivity index (χ1v) is 11.1. The summed E-state index contributed by atoms with van der Waals surface area (Å²) in [6.45, 7) is 1.41. The highest BCUT2D eigenvalue weighted by Crippen LogP contribution is 2.31. The van der Waals surface area contributed by atoms with Gasteiger partial charge in [0, 0.05) is 30.9 Å². The minimum absolute atomic E-state index is 0.0979. The number of anilines is 1. The third-order valence-corrected chi connectivity index (χ3v) is 6.13. The molecule has 0 radical (unpaired) electrons. The molecular formula is C26H26FN3O2. The number of nitrogens with zero attached hydrogens (tertiary/aromatic N) is 1. The molecular weight excluding hydrogens is 405 g/mol. The summed E-state index contributed by atoms with van der Waals surface area (Å²) in [4.78, 5) is 14.4. The van der Waals surface area contributed by atoms with Crippen molar-refractivity contribution in [3.05, 3.63) is 89.7 Å². The van der Waals surface area contributed by atoms with Crippen LogP contribution in [0.1, 0.15) is 30.0 Å². The molecule has 3 aromatic rings. The van der Waals surface area contributed by atoms with E-state index in [1.165, 1.54) is 29.7 Å². The number of halogens is 1. The number of aryl methyl sites for hydroxylation is 1. The molecule has 1 saturated heterocycles. The molecule has 3 aromatic carbocycles. The third-order valence-electron chi connectivity index (χ3n) is 6.13. The highest BCUT2D eigenvalue weighted by atomic mass is 19.1. The second-order valence-electron chi connectivity index (χ2n) is 8.42. The molecule has 0 bridgehead atoms. The van der Waals surface area contributed by atoms with Gasteiger partial charge in [0.25, 0.3) is 0 Å². The van der Waals surface area contributed by atoms with Gasteiger partial charge in [0.1, 0.15) is 17.3 Å². The Morgan fingerprint density at radius 1 is 0.938 bits per heavy atom. The summed E-state index contributed by atoms with van der Waals surface area (Å²) < 4.78 is 18.7. The van der Waals surface area contributed by atoms with E-state index in [-0.39, 0.29) is 11.8 Å². The first kappa shape index (κ1) is 20.5. The van der Waals surface area contributed by atoms with Gasteiger partial charge in [-0.2, -0.15) is 0 Å². The van der Waals surface area contributed by atoms with Crippen LogP contribution in [0.15, 0.2) is 72.8 Å². The van der Waals surface area contributed by atoms with E-state index in [4.69, 9.17) is 4.74 Å². The predicted octanol–water partition coefficient (Wildman–Crippen LogP) is 5.50. The van der Waals surface area contributed by atoms with Gasteiger partial charge in [-0.05, 0) is 78.9 Å². The molecule has 0 saturated carbocycles. The molecule has 5 rings (SSSR count). The summed E-state index contributed by atoms with van der Waals surface area (Å²) in [6, 6.07) is 22.3. The number of benzene rings is 3. The van der Waals surface area contributed by atoms with E-state index in [1.807, 2.05) is 4.90 Å². The molecule has 1 unspecified atom stereocenters. The Morgan fingerprint density at radius 3 is 2.38 bits per heavy atom. The fraction of sp³-hybridized carbons (Fsp3) is 0.269. The summed E-state index contributed by atoms with van der Waals surface area (Å²) in [5, 5.41) is 6.67. The molecule has 6 heteroatoms. The van der Waals surface area contributed by atoms with E-state index in [1.54, 1.807) is 36.4 Å². The first-order chi connectivity index (χ1) is 15.6. The fourth-order valence-corrected chi connectivity index (χ4v) is 4.41. The Bertz CT molecular complexity index is 1080. The maximum Gasteiger partial charge on any atom is 0.321 e. The standard InChI is InChI=1S/C26H26FN3O2/c27-19-8-12-22(13-9-19)32-23-14-10-20(11-15-23)29-26(31)30-16-21(17-30)28-25-7-3-5-18-4-1-2-6-24(18)25/h1-2,4,6,8-15,21,25,28H,3,5,7,16-17H2,(H,29,31). The lowest BCUT2D eigenvalue weighted by Gasteiger charge is -2.42. The Balaban J connectivity index is 1.10. The van der Waals surface area contributed by atoms with E-state index < -0.39 is 0 Å². The lowest BCUT2D eigenvalue weighted by Crippen LogP contribution is -2.61. The van der Waals surface area contributed by atoms with Crippen molar-refractivity contribution in [2.75, 3.05) is 18.4 Å². The Kier molecular flexibility index (Phi) is 5.77. The molecule has 1 atom stereocenters. The number of nitrogens with one attached hydrogen (secondary N) is 2. The number of urea groups is 1. The summed E-state index contributed by atoms with van der Waals surface area (Å²) >= 11 is 0. The Labute approximate surface area is 187 Å². The average molecular weight is 432 g/mol. The summed E-state index contributed by atoms with van der Waals surface area (Å²) in [5.41, 5.74) is 3.56. The van der Waals surface area contributed by atoms with E-state index in [0.29, 0.717) is 42.4 Å². The normalized spacial score (nSPS) is 17.9. The molecule has 1 fully saturated rings. The monoisotopic (exact) mass is 431 g/mol. The van der Waals surface area contributed by atoms with Crippen LogP contribution in [0.3, 0.4) is 0 Å². The maximum atomic E-state index is 13.0. The molecule has 0 spiro atoms. The van der Waals surface area contributed by atoms with Gasteiger partial charge in [-0.3, -0.25) is 0 Å². The van der Waals surface area contributed by atoms with Crippen LogP contribution >= 0.6 is 0 Å². The zero-order chi connectivity index (χ0) is 21.9. The number of rotatable bonds is 5. The molecule has 164 valence electrons. The van der Waals surface area contributed by atoms with Gasteiger partial charge in [0.05, 0.1) is 0 Å². The topological polar surface area (TPSA) is 53.6 Å². The number of hydrogen-bond donors (Lipinski definition) is 2. The van der Waals surface area contributed by atoms with Crippen molar-refractivity contribution in [2.24, 2.45) is 0 Å². The SMILES string of the molecule is O=C(Nc1ccc(Oc2ccc(F)cc2)cc1)N1CC(NC2CCCc3ccccc32)C1. The fourth-order valence-electron chi connectivity index (χ4n) is 4.41. The van der Waals surface area contributed by atoms with Gasteiger partial charge < -0.3 is 20.3 Å². The second-order valence-corrected chi connectivity index (χ2v) is 8.42. The largest absolute Gasteiger partial charge is 0.457 e. The van der Waals surface area contributed by atoms with Crippen molar-refractivity contribution in [3.8, 4) is 11.5 Å². The lowest BCUT2D eigenvalue weighted by atomic mass is 9.87. The molecule has 32 heavy (non-hydrogen) atoms. The number of ether oxygens (including phenoxy) is 1. The molecule has 1 aliphatic heterocycles. The van der Waals surface area contributed by atoms with Crippen molar-refractivity contribution in [1.82, 2.24) is 10.2 Å². The lowest BCUT2D eigenvalue weighted by molar-refractivity contribution is 0.140. The molecule has 2 amide bonds. The van der Waals surface area contributed by atoms with E-state index in [2.05, 4.69) is 34.9 Å². The highest BCUT2D eigenvalue weighted by molar-refractivity contribution is 5.90. The molecule has 1 heterocycles. The van der Waals surface area contributed by atoms with Crippen LogP contribution in [0.2, 0.25) is 0 Å². The van der Waals surface area contributed by atoms with Crippen molar-refractivity contribution in [2.45, 2.75) is 31.3 Å². The van der Waals surface area contributed by atoms with Crippen LogP contribution in [0, 0.1) is 5.82 Å². The van der Waals surface area contributed by atoms with E-state index >= 15 is 0 Å². The van der Waals surface area contributed by atoms with Gasteiger partial charge in [-0.25, -0.2) is 9.18 Å². The van der Waals surface area contributed by atoms with Gasteiger partial charge >= 0.3 is 6.03 Å². The van der Waals surface area contributed by atoms with E-state index in [0.717, 1.165) is 12.8 Å². The summed E-state index contributed by atoms with van der Waals surface area (Å²) in [7, 11) is 0. The predicted molar refractivity (Wildman–Crippen MR) is 123 cm³/mol.